The van der Waals surface area contributed by atoms with Crippen molar-refractivity contribution in [3.63, 3.8) is 0 Å². The molecule has 1 aliphatic heterocycles. The van der Waals surface area contributed by atoms with Crippen molar-refractivity contribution in [2.45, 2.75) is 24.5 Å². The van der Waals surface area contributed by atoms with E-state index in [0.717, 1.165) is 11.1 Å². The van der Waals surface area contributed by atoms with Gasteiger partial charge in [0.15, 0.2) is 0 Å². The third-order valence-corrected chi connectivity index (χ3v) is 7.67. The van der Waals surface area contributed by atoms with Gasteiger partial charge in [0.2, 0.25) is 12.0 Å². The zero-order chi connectivity index (χ0) is 29.7. The van der Waals surface area contributed by atoms with E-state index in [1.165, 1.54) is 14.2 Å². The molecule has 4 aromatic carbocycles. The summed E-state index contributed by atoms with van der Waals surface area (Å²) in [7, 11) is 4.61. The number of fused-ring (bicyclic) bond motifs is 1. The van der Waals surface area contributed by atoms with E-state index in [2.05, 4.69) is 0 Å². The molecule has 8 heteroatoms. The molecule has 0 aliphatic carbocycles. The molecular weight excluding hydrogens is 534 g/mol. The average Bonchev–Trinajstić information content (AvgIpc) is 3.03. The minimum absolute atomic E-state index is 0.0695. The summed E-state index contributed by atoms with van der Waals surface area (Å²) in [5.74, 6) is 0.359. The smallest absolute Gasteiger partial charge is 0.348 e. The second-order valence-corrected chi connectivity index (χ2v) is 9.99. The van der Waals surface area contributed by atoms with E-state index in [-0.39, 0.29) is 18.1 Å². The first-order valence-electron chi connectivity index (χ1n) is 13.6. The minimum atomic E-state index is -1.53. The highest BCUT2D eigenvalue weighted by Gasteiger charge is 2.56. The van der Waals surface area contributed by atoms with Crippen LogP contribution in [0.3, 0.4) is 0 Å². The standard InChI is InChI=1S/C34H33NO7/c1-39-26-15-13-23(14-16-26)19-31(36)35-18-17-24-9-7-8-12-30(24)34(35,25-10-5-4-6-11-25)32(33(37)38)42-29-21-27(40-2)20-28(22-29)41-3/h4-16,20-22,32H,17-19H2,1-3H3,(H,37,38)/t32-,34+/m1/s1. The van der Waals surface area contributed by atoms with Crippen molar-refractivity contribution in [1.82, 2.24) is 4.90 Å². The molecule has 1 aliphatic rings. The Balaban J connectivity index is 1.71. The molecule has 0 spiro atoms. The Labute approximate surface area is 245 Å². The maximum absolute atomic E-state index is 14.3. The van der Waals surface area contributed by atoms with Crippen molar-refractivity contribution in [2.75, 3.05) is 27.9 Å². The van der Waals surface area contributed by atoms with Crippen LogP contribution in [0.4, 0.5) is 0 Å². The number of carboxylic acids is 1. The molecule has 1 amide bonds. The van der Waals surface area contributed by atoms with Crippen molar-refractivity contribution in [1.29, 1.82) is 0 Å². The van der Waals surface area contributed by atoms with E-state index in [1.54, 1.807) is 42.3 Å². The predicted octanol–water partition coefficient (Wildman–Crippen LogP) is 5.12. The molecule has 0 radical (unpaired) electrons. The highest BCUT2D eigenvalue weighted by atomic mass is 16.5. The van der Waals surface area contributed by atoms with Crippen molar-refractivity contribution in [2.24, 2.45) is 0 Å². The number of rotatable bonds is 10. The Hall–Kier alpha value is -4.98. The van der Waals surface area contributed by atoms with Gasteiger partial charge in [-0.05, 0) is 40.8 Å². The second kappa shape index (κ2) is 12.3. The first-order chi connectivity index (χ1) is 20.4. The number of nitrogens with zero attached hydrogens (tertiary/aromatic N) is 1. The Kier molecular flexibility index (Phi) is 8.33. The third-order valence-electron chi connectivity index (χ3n) is 7.67. The number of aliphatic carboxylic acids is 1. The summed E-state index contributed by atoms with van der Waals surface area (Å²) in [5, 5.41) is 10.9. The lowest BCUT2D eigenvalue weighted by atomic mass is 9.71. The van der Waals surface area contributed by atoms with Crippen LogP contribution in [0.15, 0.2) is 97.1 Å². The summed E-state index contributed by atoms with van der Waals surface area (Å²) in [5.41, 5.74) is 1.57. The molecule has 0 aromatic heterocycles. The molecule has 1 heterocycles. The lowest BCUT2D eigenvalue weighted by molar-refractivity contribution is -0.157. The molecule has 216 valence electrons. The van der Waals surface area contributed by atoms with Crippen molar-refractivity contribution < 1.29 is 33.6 Å². The monoisotopic (exact) mass is 567 g/mol. The van der Waals surface area contributed by atoms with Crippen LogP contribution in [0.2, 0.25) is 0 Å². The maximum Gasteiger partial charge on any atom is 0.348 e. The van der Waals surface area contributed by atoms with Crippen LogP contribution < -0.4 is 18.9 Å². The highest BCUT2D eigenvalue weighted by molar-refractivity contribution is 5.85. The molecule has 0 saturated heterocycles. The van der Waals surface area contributed by atoms with Crippen LogP contribution in [0, 0.1) is 0 Å². The summed E-state index contributed by atoms with van der Waals surface area (Å²) in [6, 6.07) is 29.1. The van der Waals surface area contributed by atoms with Gasteiger partial charge in [0, 0.05) is 24.7 Å². The lowest BCUT2D eigenvalue weighted by Gasteiger charge is -2.51. The molecular formula is C34H33NO7. The van der Waals surface area contributed by atoms with E-state index in [0.29, 0.717) is 41.3 Å². The molecule has 8 nitrogen and oxygen atoms in total. The Morgan fingerprint density at radius 2 is 1.38 bits per heavy atom. The number of methoxy groups -OCH3 is 3. The largest absolute Gasteiger partial charge is 0.497 e. The van der Waals surface area contributed by atoms with E-state index in [4.69, 9.17) is 18.9 Å². The van der Waals surface area contributed by atoms with Gasteiger partial charge in [-0.15, -0.1) is 0 Å². The normalized spacial score (nSPS) is 16.6. The van der Waals surface area contributed by atoms with E-state index in [9.17, 15) is 14.7 Å². The van der Waals surface area contributed by atoms with Crippen LogP contribution in [-0.4, -0.2) is 55.9 Å². The fourth-order valence-electron chi connectivity index (χ4n) is 5.74. The molecule has 42 heavy (non-hydrogen) atoms. The van der Waals surface area contributed by atoms with Gasteiger partial charge in [-0.25, -0.2) is 4.79 Å². The molecule has 4 aromatic rings. The summed E-state index contributed by atoms with van der Waals surface area (Å²) >= 11 is 0. The number of amides is 1. The van der Waals surface area contributed by atoms with Gasteiger partial charge in [-0.2, -0.15) is 0 Å². The highest BCUT2D eigenvalue weighted by Crippen LogP contribution is 2.46. The molecule has 2 atom stereocenters. The van der Waals surface area contributed by atoms with Gasteiger partial charge >= 0.3 is 5.97 Å². The van der Waals surface area contributed by atoms with Crippen LogP contribution in [0.1, 0.15) is 22.3 Å². The SMILES string of the molecule is COc1ccc(CC(=O)N2CCc3ccccc3[C@@]2(c2ccccc2)[C@H](Oc2cc(OC)cc(OC)c2)C(=O)O)cc1. The number of carboxylic acid groups (broad SMARTS) is 1. The van der Waals surface area contributed by atoms with Gasteiger partial charge < -0.3 is 29.0 Å². The van der Waals surface area contributed by atoms with Crippen LogP contribution in [-0.2, 0) is 28.0 Å². The Bertz CT molecular complexity index is 1530. The quantitative estimate of drug-likeness (QED) is 0.284. The van der Waals surface area contributed by atoms with Crippen molar-refractivity contribution in [3.8, 4) is 23.0 Å². The third kappa shape index (κ3) is 5.35. The maximum atomic E-state index is 14.3. The molecule has 0 saturated carbocycles. The van der Waals surface area contributed by atoms with Crippen molar-refractivity contribution in [3.05, 3.63) is 119 Å². The topological polar surface area (TPSA) is 94.5 Å². The summed E-state index contributed by atoms with van der Waals surface area (Å²) < 4.78 is 22.5. The van der Waals surface area contributed by atoms with Gasteiger partial charge in [-0.1, -0.05) is 66.7 Å². The van der Waals surface area contributed by atoms with E-state index < -0.39 is 17.6 Å². The predicted molar refractivity (Wildman–Crippen MR) is 157 cm³/mol. The number of carbonyl (C=O) groups excluding carboxylic acids is 1. The van der Waals surface area contributed by atoms with Gasteiger partial charge in [0.25, 0.3) is 0 Å². The lowest BCUT2D eigenvalue weighted by Crippen LogP contribution is -2.64. The molecule has 0 bridgehead atoms. The zero-order valence-electron chi connectivity index (χ0n) is 23.8. The van der Waals surface area contributed by atoms with Gasteiger partial charge in [0.05, 0.1) is 27.8 Å². The number of carbonyl (C=O) groups is 2. The Morgan fingerprint density at radius 3 is 2.00 bits per heavy atom. The van der Waals surface area contributed by atoms with Gasteiger partial charge in [0.1, 0.15) is 28.5 Å². The fraction of sp³-hybridized carbons (Fsp3) is 0.235. The molecule has 0 fully saturated rings. The van der Waals surface area contributed by atoms with E-state index in [1.807, 2.05) is 66.7 Å². The zero-order valence-corrected chi connectivity index (χ0v) is 23.8. The summed E-state index contributed by atoms with van der Waals surface area (Å²) in [6.07, 6.45) is -0.892. The van der Waals surface area contributed by atoms with Gasteiger partial charge in [-0.3, -0.25) is 4.79 Å². The average molecular weight is 568 g/mol. The van der Waals surface area contributed by atoms with E-state index >= 15 is 0 Å². The Morgan fingerprint density at radius 1 is 0.786 bits per heavy atom. The minimum Gasteiger partial charge on any atom is -0.497 e. The summed E-state index contributed by atoms with van der Waals surface area (Å²) in [6.45, 7) is 0.301. The van der Waals surface area contributed by atoms with Crippen LogP contribution >= 0.6 is 0 Å². The first kappa shape index (κ1) is 28.5. The van der Waals surface area contributed by atoms with Crippen LogP contribution in [0.5, 0.6) is 23.0 Å². The number of ether oxygens (including phenoxy) is 4. The summed E-state index contributed by atoms with van der Waals surface area (Å²) in [4.78, 5) is 29.3. The second-order valence-electron chi connectivity index (χ2n) is 9.99. The van der Waals surface area contributed by atoms with Crippen molar-refractivity contribution >= 4 is 11.9 Å². The molecule has 5 rings (SSSR count). The molecule has 0 unspecified atom stereocenters. The van der Waals surface area contributed by atoms with Crippen LogP contribution in [0.25, 0.3) is 0 Å². The number of hydrogen-bond acceptors (Lipinski definition) is 6. The fourth-order valence-corrected chi connectivity index (χ4v) is 5.74. The number of benzene rings is 4. The molecule has 1 N–H and O–H groups in total. The first-order valence-corrected chi connectivity index (χ1v) is 13.6. The number of hydrogen-bond donors (Lipinski definition) is 1.